The maximum Gasteiger partial charge on any atom is 0.269 e. The Labute approximate surface area is 124 Å². The van der Waals surface area contributed by atoms with Crippen molar-refractivity contribution in [1.29, 1.82) is 0 Å². The van der Waals surface area contributed by atoms with Gasteiger partial charge in [-0.05, 0) is 43.6 Å². The second-order valence-corrected chi connectivity index (χ2v) is 5.36. The lowest BCUT2D eigenvalue weighted by Crippen LogP contribution is -2.34. The fourth-order valence-electron chi connectivity index (χ4n) is 1.91. The number of carbonyl (C=O) groups excluding carboxylic acids is 2. The van der Waals surface area contributed by atoms with Crippen LogP contribution in [-0.2, 0) is 4.79 Å². The van der Waals surface area contributed by atoms with Crippen LogP contribution in [0.15, 0.2) is 18.2 Å². The largest absolute Gasteiger partial charge is 0.479 e. The first-order chi connectivity index (χ1) is 10.0. The van der Waals surface area contributed by atoms with E-state index in [0.29, 0.717) is 27.7 Å². The van der Waals surface area contributed by atoms with Gasteiger partial charge in [0.05, 0.1) is 11.4 Å². The summed E-state index contributed by atoms with van der Waals surface area (Å²) in [5.41, 5.74) is 1.68. The average Bonchev–Trinajstić information content (AvgIpc) is 2.87. The minimum Gasteiger partial charge on any atom is -0.479 e. The highest BCUT2D eigenvalue weighted by Crippen LogP contribution is 2.32. The molecular weight excluding hydrogens is 292 g/mol. The molecule has 1 aromatic carbocycles. The van der Waals surface area contributed by atoms with Crippen molar-refractivity contribution < 1.29 is 14.3 Å². The summed E-state index contributed by atoms with van der Waals surface area (Å²) in [6, 6.07) is 5.07. The lowest BCUT2D eigenvalue weighted by atomic mass is 10.2. The van der Waals surface area contributed by atoms with Gasteiger partial charge >= 0.3 is 0 Å². The van der Waals surface area contributed by atoms with E-state index >= 15 is 0 Å². The van der Waals surface area contributed by atoms with Crippen LogP contribution in [-0.4, -0.2) is 27.5 Å². The number of nitrogens with zero attached hydrogens (tertiary/aromatic N) is 2. The molecule has 3 rings (SSSR count). The highest BCUT2D eigenvalue weighted by Gasteiger charge is 2.24. The number of ether oxygens (including phenoxy) is 1. The smallest absolute Gasteiger partial charge is 0.269 e. The van der Waals surface area contributed by atoms with Crippen LogP contribution in [0.5, 0.6) is 5.75 Å². The number of carbonyl (C=O) groups is 2. The fourth-order valence-corrected chi connectivity index (χ4v) is 2.47. The molecule has 1 aliphatic rings. The van der Waals surface area contributed by atoms with Gasteiger partial charge in [-0.3, -0.25) is 9.59 Å². The number of nitrogens with one attached hydrogen (secondary N) is 2. The Morgan fingerprint density at radius 1 is 1.48 bits per heavy atom. The molecule has 7 nitrogen and oxygen atoms in total. The molecular formula is C13H12N4O3S. The molecule has 1 aliphatic heterocycles. The lowest BCUT2D eigenvalue weighted by Gasteiger charge is -2.23. The molecule has 8 heteroatoms. The molecule has 0 radical (unpaired) electrons. The minimum absolute atomic E-state index is 0.214. The van der Waals surface area contributed by atoms with Crippen LogP contribution in [0.25, 0.3) is 0 Å². The summed E-state index contributed by atoms with van der Waals surface area (Å²) in [5.74, 6) is 0.0862. The molecule has 0 fully saturated rings. The number of aryl methyl sites for hydroxylation is 1. The van der Waals surface area contributed by atoms with Gasteiger partial charge in [0.25, 0.3) is 11.8 Å². The second-order valence-electron chi connectivity index (χ2n) is 4.60. The zero-order valence-electron chi connectivity index (χ0n) is 11.3. The molecule has 1 aromatic heterocycles. The monoisotopic (exact) mass is 304 g/mol. The van der Waals surface area contributed by atoms with Gasteiger partial charge in [-0.25, -0.2) is 0 Å². The Bertz CT molecular complexity index is 728. The Balaban J connectivity index is 1.82. The van der Waals surface area contributed by atoms with Crippen molar-refractivity contribution in [2.24, 2.45) is 0 Å². The van der Waals surface area contributed by atoms with Gasteiger partial charge < -0.3 is 15.4 Å². The Morgan fingerprint density at radius 2 is 2.29 bits per heavy atom. The standard InChI is InChI=1S/C13H12N4O3S/c1-6-11(21-17-16-6)13(19)14-8-3-4-10-9(5-8)15-12(18)7(2)20-10/h3-5,7H,1-2H3,(H,14,19)(H,15,18)/t7-/m1/s1. The summed E-state index contributed by atoms with van der Waals surface area (Å²) in [6.45, 7) is 3.40. The zero-order chi connectivity index (χ0) is 15.0. The van der Waals surface area contributed by atoms with Crippen molar-refractivity contribution >= 4 is 34.7 Å². The van der Waals surface area contributed by atoms with Crippen LogP contribution in [0.3, 0.4) is 0 Å². The van der Waals surface area contributed by atoms with Crippen molar-refractivity contribution in [2.45, 2.75) is 20.0 Å². The SMILES string of the molecule is Cc1nnsc1C(=O)Nc1ccc2c(c1)NC(=O)[C@@H](C)O2. The summed E-state index contributed by atoms with van der Waals surface area (Å²) in [6.07, 6.45) is -0.524. The van der Waals surface area contributed by atoms with E-state index in [2.05, 4.69) is 20.2 Å². The number of hydrogen-bond donors (Lipinski definition) is 2. The van der Waals surface area contributed by atoms with E-state index in [4.69, 9.17) is 4.74 Å². The first-order valence-electron chi connectivity index (χ1n) is 6.26. The van der Waals surface area contributed by atoms with E-state index < -0.39 is 6.10 Å². The predicted molar refractivity (Wildman–Crippen MR) is 77.8 cm³/mol. The second kappa shape index (κ2) is 5.13. The third-order valence-corrected chi connectivity index (χ3v) is 3.85. The van der Waals surface area contributed by atoms with Crippen LogP contribution >= 0.6 is 11.5 Å². The van der Waals surface area contributed by atoms with Gasteiger partial charge in [0, 0.05) is 5.69 Å². The van der Waals surface area contributed by atoms with Gasteiger partial charge in [0.15, 0.2) is 6.10 Å². The quantitative estimate of drug-likeness (QED) is 0.882. The highest BCUT2D eigenvalue weighted by molar-refractivity contribution is 7.08. The normalized spacial score (nSPS) is 16.7. The van der Waals surface area contributed by atoms with Crippen molar-refractivity contribution in [3.05, 3.63) is 28.8 Å². The minimum atomic E-state index is -0.524. The van der Waals surface area contributed by atoms with Crippen molar-refractivity contribution in [3.8, 4) is 5.75 Å². The van der Waals surface area contributed by atoms with Crippen LogP contribution < -0.4 is 15.4 Å². The number of fused-ring (bicyclic) bond motifs is 1. The maximum atomic E-state index is 12.1. The first-order valence-corrected chi connectivity index (χ1v) is 7.04. The summed E-state index contributed by atoms with van der Waals surface area (Å²) in [5, 5.41) is 9.28. The van der Waals surface area contributed by atoms with E-state index in [-0.39, 0.29) is 11.8 Å². The highest BCUT2D eigenvalue weighted by atomic mass is 32.1. The first kappa shape index (κ1) is 13.5. The van der Waals surface area contributed by atoms with Gasteiger partial charge in [-0.15, -0.1) is 5.10 Å². The molecule has 0 unspecified atom stereocenters. The Kier molecular flexibility index (Phi) is 3.30. The van der Waals surface area contributed by atoms with Crippen LogP contribution in [0.1, 0.15) is 22.3 Å². The zero-order valence-corrected chi connectivity index (χ0v) is 12.2. The number of aromatic nitrogens is 2. The van der Waals surface area contributed by atoms with Gasteiger partial charge in [-0.1, -0.05) is 4.49 Å². The van der Waals surface area contributed by atoms with E-state index in [1.54, 1.807) is 32.0 Å². The van der Waals surface area contributed by atoms with E-state index in [1.165, 1.54) is 0 Å². The average molecular weight is 304 g/mol. The topological polar surface area (TPSA) is 93.2 Å². The summed E-state index contributed by atoms with van der Waals surface area (Å²) >= 11 is 1.04. The van der Waals surface area contributed by atoms with Crippen LogP contribution in [0.2, 0.25) is 0 Å². The van der Waals surface area contributed by atoms with Crippen molar-refractivity contribution in [3.63, 3.8) is 0 Å². The van der Waals surface area contributed by atoms with Crippen molar-refractivity contribution in [1.82, 2.24) is 9.59 Å². The fraction of sp³-hybridized carbons (Fsp3) is 0.231. The maximum absolute atomic E-state index is 12.1. The molecule has 2 heterocycles. The number of rotatable bonds is 2. The number of hydrogen-bond acceptors (Lipinski definition) is 6. The number of benzene rings is 1. The summed E-state index contributed by atoms with van der Waals surface area (Å²) < 4.78 is 9.18. The van der Waals surface area contributed by atoms with Gasteiger partial charge in [-0.2, -0.15) is 0 Å². The number of anilines is 2. The van der Waals surface area contributed by atoms with Gasteiger partial charge in [0.2, 0.25) is 0 Å². The molecule has 1 atom stereocenters. The van der Waals surface area contributed by atoms with E-state index in [9.17, 15) is 9.59 Å². The third kappa shape index (κ3) is 2.57. The van der Waals surface area contributed by atoms with E-state index in [0.717, 1.165) is 11.5 Å². The van der Waals surface area contributed by atoms with Crippen molar-refractivity contribution in [2.75, 3.05) is 10.6 Å². The van der Waals surface area contributed by atoms with Gasteiger partial charge in [0.1, 0.15) is 10.6 Å². The summed E-state index contributed by atoms with van der Waals surface area (Å²) in [4.78, 5) is 24.1. The molecule has 108 valence electrons. The molecule has 0 saturated carbocycles. The van der Waals surface area contributed by atoms with E-state index in [1.807, 2.05) is 0 Å². The predicted octanol–water partition coefficient (Wildman–Crippen LogP) is 1.82. The molecule has 2 N–H and O–H groups in total. The third-order valence-electron chi connectivity index (χ3n) is 3.03. The number of amides is 2. The molecule has 0 saturated heterocycles. The Hall–Kier alpha value is -2.48. The molecule has 21 heavy (non-hydrogen) atoms. The van der Waals surface area contributed by atoms with Crippen LogP contribution in [0.4, 0.5) is 11.4 Å². The Morgan fingerprint density at radius 3 is 3.00 bits per heavy atom. The molecule has 0 aliphatic carbocycles. The van der Waals surface area contributed by atoms with Crippen LogP contribution in [0, 0.1) is 6.92 Å². The molecule has 0 bridgehead atoms. The molecule has 2 aromatic rings. The molecule has 0 spiro atoms. The molecule has 2 amide bonds. The summed E-state index contributed by atoms with van der Waals surface area (Å²) in [7, 11) is 0. The lowest BCUT2D eigenvalue weighted by molar-refractivity contribution is -0.122.